The number of halogens is 1. The van der Waals surface area contributed by atoms with E-state index in [0.717, 1.165) is 36.0 Å². The number of rotatable bonds is 1. The van der Waals surface area contributed by atoms with Gasteiger partial charge in [0, 0.05) is 23.1 Å². The van der Waals surface area contributed by atoms with E-state index in [1.165, 1.54) is 27.8 Å². The molecule has 0 bridgehead atoms. The van der Waals surface area contributed by atoms with Crippen LogP contribution in [0.4, 0.5) is 0 Å². The number of hydrogen-bond donors (Lipinski definition) is 1. The van der Waals surface area contributed by atoms with Crippen LogP contribution in [-0.2, 0) is 25.9 Å². The molecule has 2 aliphatic rings. The maximum absolute atomic E-state index is 13.0. The number of nitrogens with zero attached hydrogens (tertiary/aromatic N) is 1. The minimum atomic E-state index is 0.135. The summed E-state index contributed by atoms with van der Waals surface area (Å²) < 4.78 is 1.14. The normalized spacial score (nSPS) is 16.5. The van der Waals surface area contributed by atoms with Gasteiger partial charge >= 0.3 is 0 Å². The molecule has 0 atom stereocenters. The second-order valence-corrected chi connectivity index (χ2v) is 7.52. The molecule has 0 saturated carbocycles. The zero-order valence-electron chi connectivity index (χ0n) is 13.9. The number of benzene rings is 2. The number of carbonyl (C=O) groups excluding carboxylic acids is 1. The fraction of sp³-hybridized carbons (Fsp3) is 0.350. The van der Waals surface area contributed by atoms with Crippen LogP contribution in [0.25, 0.3) is 0 Å². The van der Waals surface area contributed by atoms with E-state index in [2.05, 4.69) is 52.4 Å². The van der Waals surface area contributed by atoms with Gasteiger partial charge in [0.2, 0.25) is 0 Å². The zero-order chi connectivity index (χ0) is 16.7. The average Bonchev–Trinajstić information content (AvgIpc) is 2.89. The molecule has 1 N–H and O–H groups in total. The van der Waals surface area contributed by atoms with E-state index < -0.39 is 0 Å². The van der Waals surface area contributed by atoms with Crippen LogP contribution < -0.4 is 5.32 Å². The summed E-state index contributed by atoms with van der Waals surface area (Å²) in [5, 5.41) is 3.42. The van der Waals surface area contributed by atoms with Crippen LogP contribution >= 0.6 is 15.9 Å². The van der Waals surface area contributed by atoms with E-state index in [1.807, 2.05) is 11.0 Å². The lowest BCUT2D eigenvalue weighted by molar-refractivity contribution is 0.0751. The molecule has 2 heterocycles. The number of carbonyl (C=O) groups is 1. The van der Waals surface area contributed by atoms with E-state index >= 15 is 0 Å². The molecule has 0 radical (unpaired) electrons. The van der Waals surface area contributed by atoms with Gasteiger partial charge in [-0.1, -0.05) is 34.1 Å². The van der Waals surface area contributed by atoms with Gasteiger partial charge < -0.3 is 10.2 Å². The first kappa shape index (κ1) is 15.9. The number of amides is 1. The van der Waals surface area contributed by atoms with Crippen molar-refractivity contribution in [3.8, 4) is 0 Å². The van der Waals surface area contributed by atoms with Gasteiger partial charge in [0.1, 0.15) is 0 Å². The van der Waals surface area contributed by atoms with Crippen LogP contribution in [0.2, 0.25) is 0 Å². The molecule has 2 aromatic carbocycles. The third kappa shape index (κ3) is 2.78. The van der Waals surface area contributed by atoms with Crippen molar-refractivity contribution in [1.82, 2.24) is 10.2 Å². The third-order valence-electron chi connectivity index (χ3n) is 5.13. The van der Waals surface area contributed by atoms with Crippen LogP contribution in [-0.4, -0.2) is 23.9 Å². The van der Waals surface area contributed by atoms with E-state index in [0.29, 0.717) is 13.1 Å². The van der Waals surface area contributed by atoms with Crippen LogP contribution in [0.5, 0.6) is 0 Å². The smallest absolute Gasteiger partial charge is 0.254 e. The SMILES string of the molecule is Cc1ccc2c(c1Br)CN(C(=O)c1ccc3c(c1)CCNCC3)C2. The van der Waals surface area contributed by atoms with Crippen molar-refractivity contribution in [2.75, 3.05) is 13.1 Å². The number of aryl methyl sites for hydroxylation is 1. The van der Waals surface area contributed by atoms with Crippen molar-refractivity contribution in [1.29, 1.82) is 0 Å². The average molecular weight is 385 g/mol. The van der Waals surface area contributed by atoms with Gasteiger partial charge in [-0.2, -0.15) is 0 Å². The lowest BCUT2D eigenvalue weighted by Gasteiger charge is -2.17. The Labute approximate surface area is 151 Å². The van der Waals surface area contributed by atoms with Crippen molar-refractivity contribution in [3.63, 3.8) is 0 Å². The molecule has 0 aromatic heterocycles. The predicted molar refractivity (Wildman–Crippen MR) is 99.2 cm³/mol. The molecule has 124 valence electrons. The van der Waals surface area contributed by atoms with Crippen molar-refractivity contribution in [3.05, 3.63) is 68.2 Å². The maximum Gasteiger partial charge on any atom is 0.254 e. The Hall–Kier alpha value is -1.65. The topological polar surface area (TPSA) is 32.3 Å². The molecule has 0 unspecified atom stereocenters. The molecule has 0 saturated heterocycles. The fourth-order valence-electron chi connectivity index (χ4n) is 3.68. The lowest BCUT2D eigenvalue weighted by atomic mass is 9.99. The Morgan fingerprint density at radius 3 is 2.62 bits per heavy atom. The summed E-state index contributed by atoms with van der Waals surface area (Å²) in [5.74, 6) is 0.135. The van der Waals surface area contributed by atoms with Crippen molar-refractivity contribution in [2.24, 2.45) is 0 Å². The fourth-order valence-corrected chi connectivity index (χ4v) is 4.19. The molecular weight excluding hydrogens is 364 g/mol. The second-order valence-electron chi connectivity index (χ2n) is 6.73. The summed E-state index contributed by atoms with van der Waals surface area (Å²) in [4.78, 5) is 14.9. The first-order chi connectivity index (χ1) is 11.6. The van der Waals surface area contributed by atoms with Gasteiger partial charge in [-0.25, -0.2) is 0 Å². The van der Waals surface area contributed by atoms with Crippen LogP contribution in [0.3, 0.4) is 0 Å². The van der Waals surface area contributed by atoms with Crippen molar-refractivity contribution >= 4 is 21.8 Å². The Bertz CT molecular complexity index is 816. The molecule has 4 heteroatoms. The number of nitrogens with one attached hydrogen (secondary N) is 1. The molecule has 0 aliphatic carbocycles. The zero-order valence-corrected chi connectivity index (χ0v) is 15.4. The summed E-state index contributed by atoms with van der Waals surface area (Å²) >= 11 is 3.68. The Morgan fingerprint density at radius 2 is 1.79 bits per heavy atom. The summed E-state index contributed by atoms with van der Waals surface area (Å²) in [6, 6.07) is 10.5. The van der Waals surface area contributed by atoms with Crippen molar-refractivity contribution in [2.45, 2.75) is 32.9 Å². The Balaban J connectivity index is 1.59. The first-order valence-corrected chi connectivity index (χ1v) is 9.31. The van der Waals surface area contributed by atoms with Crippen LogP contribution in [0.15, 0.2) is 34.8 Å². The Morgan fingerprint density at radius 1 is 1.04 bits per heavy atom. The van der Waals surface area contributed by atoms with Gasteiger partial charge in [-0.05, 0) is 72.8 Å². The van der Waals surface area contributed by atoms with Crippen molar-refractivity contribution < 1.29 is 4.79 Å². The van der Waals surface area contributed by atoms with E-state index in [9.17, 15) is 4.79 Å². The molecule has 2 aromatic rings. The predicted octanol–water partition coefficient (Wildman–Crippen LogP) is 3.60. The summed E-state index contributed by atoms with van der Waals surface area (Å²) in [5.41, 5.74) is 7.23. The van der Waals surface area contributed by atoms with Gasteiger partial charge in [0.15, 0.2) is 0 Å². The molecule has 4 rings (SSSR count). The monoisotopic (exact) mass is 384 g/mol. The van der Waals surface area contributed by atoms with E-state index in [1.54, 1.807) is 0 Å². The van der Waals surface area contributed by atoms with Crippen LogP contribution in [0.1, 0.15) is 38.2 Å². The third-order valence-corrected chi connectivity index (χ3v) is 6.23. The minimum Gasteiger partial charge on any atom is -0.330 e. The molecule has 3 nitrogen and oxygen atoms in total. The Kier molecular flexibility index (Phi) is 4.19. The standard InChI is InChI=1S/C20H21BrN2O/c1-13-2-3-17-11-23(12-18(17)19(13)21)20(24)16-5-4-14-6-8-22-9-7-15(14)10-16/h2-5,10,22H,6-9,11-12H2,1H3. The molecule has 0 fully saturated rings. The highest BCUT2D eigenvalue weighted by Crippen LogP contribution is 2.32. The van der Waals surface area contributed by atoms with Gasteiger partial charge in [-0.3, -0.25) is 4.79 Å². The molecule has 1 amide bonds. The van der Waals surface area contributed by atoms with Crippen LogP contribution in [0, 0.1) is 6.92 Å². The summed E-state index contributed by atoms with van der Waals surface area (Å²) in [7, 11) is 0. The largest absolute Gasteiger partial charge is 0.330 e. The van der Waals surface area contributed by atoms with E-state index in [-0.39, 0.29) is 5.91 Å². The highest BCUT2D eigenvalue weighted by molar-refractivity contribution is 9.10. The van der Waals surface area contributed by atoms with Gasteiger partial charge in [-0.15, -0.1) is 0 Å². The summed E-state index contributed by atoms with van der Waals surface area (Å²) in [6.07, 6.45) is 2.05. The highest BCUT2D eigenvalue weighted by Gasteiger charge is 2.26. The molecule has 2 aliphatic heterocycles. The number of fused-ring (bicyclic) bond motifs is 2. The quantitative estimate of drug-likeness (QED) is 0.814. The van der Waals surface area contributed by atoms with Gasteiger partial charge in [0.05, 0.1) is 0 Å². The lowest BCUT2D eigenvalue weighted by Crippen LogP contribution is -2.25. The summed E-state index contributed by atoms with van der Waals surface area (Å²) in [6.45, 7) is 5.50. The highest BCUT2D eigenvalue weighted by atomic mass is 79.9. The van der Waals surface area contributed by atoms with Gasteiger partial charge in [0.25, 0.3) is 5.91 Å². The second kappa shape index (κ2) is 6.34. The molecule has 0 spiro atoms. The molecule has 24 heavy (non-hydrogen) atoms. The molecular formula is C20H21BrN2O. The maximum atomic E-state index is 13.0. The first-order valence-electron chi connectivity index (χ1n) is 8.52. The minimum absolute atomic E-state index is 0.135. The number of hydrogen-bond acceptors (Lipinski definition) is 2. The van der Waals surface area contributed by atoms with E-state index in [4.69, 9.17) is 0 Å².